The Morgan fingerprint density at radius 1 is 0.912 bits per heavy atom. The first-order chi connectivity index (χ1) is 16.5. The molecular weight excluding hydrogens is 487 g/mol. The number of benzene rings is 3. The van der Waals surface area contributed by atoms with Crippen molar-refractivity contribution in [1.82, 2.24) is 10.2 Å². The van der Waals surface area contributed by atoms with E-state index in [1.165, 1.54) is 11.8 Å². The van der Waals surface area contributed by atoms with Gasteiger partial charge in [0.1, 0.15) is 6.04 Å². The van der Waals surface area contributed by atoms with Crippen LogP contribution in [0, 0.1) is 0 Å². The highest BCUT2D eigenvalue weighted by Crippen LogP contribution is 2.23. The fraction of sp³-hybridized carbons (Fsp3) is 0.259. The quantitative estimate of drug-likeness (QED) is 0.307. The topological polar surface area (TPSA) is 49.4 Å². The van der Waals surface area contributed by atoms with Gasteiger partial charge >= 0.3 is 0 Å². The maximum Gasteiger partial charge on any atom is 0.243 e. The van der Waals surface area contributed by atoms with Crippen LogP contribution in [0.3, 0.4) is 0 Å². The number of hydrogen-bond donors (Lipinski definition) is 1. The average Bonchev–Trinajstić information content (AvgIpc) is 2.85. The van der Waals surface area contributed by atoms with Crippen molar-refractivity contribution in [3.63, 3.8) is 0 Å². The molecule has 0 saturated heterocycles. The summed E-state index contributed by atoms with van der Waals surface area (Å²) in [5, 5.41) is 4.22. The van der Waals surface area contributed by atoms with E-state index < -0.39 is 6.04 Å². The Morgan fingerprint density at radius 2 is 1.62 bits per heavy atom. The molecule has 1 atom stereocenters. The van der Waals surface area contributed by atoms with Gasteiger partial charge in [0.2, 0.25) is 11.8 Å². The van der Waals surface area contributed by atoms with Crippen LogP contribution in [0.15, 0.2) is 83.8 Å². The minimum absolute atomic E-state index is 0.118. The molecule has 1 unspecified atom stereocenters. The summed E-state index contributed by atoms with van der Waals surface area (Å²) in [6.45, 7) is 2.85. The van der Waals surface area contributed by atoms with Crippen LogP contribution in [0.5, 0.6) is 0 Å². The van der Waals surface area contributed by atoms with Crippen molar-refractivity contribution in [2.24, 2.45) is 0 Å². The number of amides is 2. The number of nitrogens with one attached hydrogen (secondary N) is 1. The molecule has 3 aromatic carbocycles. The molecule has 0 spiro atoms. The molecule has 34 heavy (non-hydrogen) atoms. The van der Waals surface area contributed by atoms with Crippen LogP contribution in [-0.4, -0.2) is 35.1 Å². The van der Waals surface area contributed by atoms with E-state index in [4.69, 9.17) is 23.2 Å². The molecule has 0 aromatic heterocycles. The number of rotatable bonds is 11. The van der Waals surface area contributed by atoms with Crippen molar-refractivity contribution in [2.75, 3.05) is 12.3 Å². The zero-order valence-electron chi connectivity index (χ0n) is 19.0. The third kappa shape index (κ3) is 8.08. The monoisotopic (exact) mass is 514 g/mol. The SMILES string of the molecule is CCCNC(=O)C(Cc1ccccc1)N(Cc1cccc(Cl)c1)C(=O)CSc1ccc(Cl)cc1. The lowest BCUT2D eigenvalue weighted by molar-refractivity contribution is -0.139. The molecule has 4 nitrogen and oxygen atoms in total. The van der Waals surface area contributed by atoms with E-state index in [1.54, 1.807) is 23.1 Å². The van der Waals surface area contributed by atoms with Gasteiger partial charge in [0.25, 0.3) is 0 Å². The Labute approximate surface area is 215 Å². The van der Waals surface area contributed by atoms with Crippen molar-refractivity contribution < 1.29 is 9.59 Å². The molecule has 0 radical (unpaired) electrons. The lowest BCUT2D eigenvalue weighted by Gasteiger charge is -2.31. The molecule has 1 N–H and O–H groups in total. The van der Waals surface area contributed by atoms with Gasteiger partial charge in [-0.1, -0.05) is 72.6 Å². The van der Waals surface area contributed by atoms with Crippen molar-refractivity contribution in [3.05, 3.63) is 100 Å². The first-order valence-electron chi connectivity index (χ1n) is 11.2. The smallest absolute Gasteiger partial charge is 0.243 e. The predicted octanol–water partition coefficient (Wildman–Crippen LogP) is 6.25. The fourth-order valence-corrected chi connectivity index (χ4v) is 4.63. The Balaban J connectivity index is 1.88. The van der Waals surface area contributed by atoms with E-state index in [1.807, 2.05) is 67.6 Å². The number of thioether (sulfide) groups is 1. The van der Waals surface area contributed by atoms with E-state index in [2.05, 4.69) is 5.32 Å². The minimum Gasteiger partial charge on any atom is -0.354 e. The summed E-state index contributed by atoms with van der Waals surface area (Å²) in [6.07, 6.45) is 1.24. The van der Waals surface area contributed by atoms with Gasteiger partial charge in [-0.05, 0) is 53.9 Å². The standard InChI is InChI=1S/C27H28Cl2N2O2S/c1-2-15-30-27(33)25(17-20-7-4-3-5-8-20)31(18-21-9-6-10-23(29)16-21)26(32)19-34-24-13-11-22(28)12-14-24/h3-14,16,25H,2,15,17-19H2,1H3,(H,30,33). The second kappa shape index (κ2) is 13.4. The molecule has 0 aliphatic rings. The Kier molecular flexibility index (Phi) is 10.3. The Morgan fingerprint density at radius 3 is 2.29 bits per heavy atom. The van der Waals surface area contributed by atoms with Crippen LogP contribution in [0.4, 0.5) is 0 Å². The first-order valence-corrected chi connectivity index (χ1v) is 12.9. The van der Waals surface area contributed by atoms with Gasteiger partial charge in [-0.15, -0.1) is 11.8 Å². The Hall–Kier alpha value is -2.47. The second-order valence-electron chi connectivity index (χ2n) is 7.89. The highest BCUT2D eigenvalue weighted by Gasteiger charge is 2.30. The Bertz CT molecular complexity index is 1080. The van der Waals surface area contributed by atoms with E-state index in [0.29, 0.717) is 23.0 Å². The predicted molar refractivity (Wildman–Crippen MR) is 141 cm³/mol. The van der Waals surface area contributed by atoms with Crippen LogP contribution in [0.25, 0.3) is 0 Å². The van der Waals surface area contributed by atoms with Crippen LogP contribution in [0.2, 0.25) is 10.0 Å². The van der Waals surface area contributed by atoms with Gasteiger partial charge in [-0.2, -0.15) is 0 Å². The molecular formula is C27H28Cl2N2O2S. The number of hydrogen-bond acceptors (Lipinski definition) is 3. The number of nitrogens with zero attached hydrogens (tertiary/aromatic N) is 1. The van der Waals surface area contributed by atoms with Crippen LogP contribution in [0.1, 0.15) is 24.5 Å². The molecule has 0 aliphatic heterocycles. The maximum atomic E-state index is 13.5. The maximum absolute atomic E-state index is 13.5. The molecule has 3 aromatic rings. The molecule has 178 valence electrons. The van der Waals surface area contributed by atoms with E-state index in [-0.39, 0.29) is 24.1 Å². The molecule has 0 bridgehead atoms. The summed E-state index contributed by atoms with van der Waals surface area (Å²) in [7, 11) is 0. The first kappa shape index (κ1) is 26.1. The second-order valence-corrected chi connectivity index (χ2v) is 9.81. The fourth-order valence-electron chi connectivity index (χ4n) is 3.51. The zero-order chi connectivity index (χ0) is 24.3. The summed E-state index contributed by atoms with van der Waals surface area (Å²) in [5.74, 6) is -0.0702. The molecule has 3 rings (SSSR count). The van der Waals surface area contributed by atoms with Gasteiger partial charge in [0, 0.05) is 34.5 Å². The summed E-state index contributed by atoms with van der Waals surface area (Å²) in [5.41, 5.74) is 1.87. The highest BCUT2D eigenvalue weighted by molar-refractivity contribution is 8.00. The van der Waals surface area contributed by atoms with Gasteiger partial charge in [-0.3, -0.25) is 9.59 Å². The molecule has 0 heterocycles. The molecule has 0 fully saturated rings. The van der Waals surface area contributed by atoms with Crippen molar-refractivity contribution in [3.8, 4) is 0 Å². The van der Waals surface area contributed by atoms with E-state index in [9.17, 15) is 9.59 Å². The van der Waals surface area contributed by atoms with Crippen LogP contribution < -0.4 is 5.32 Å². The normalized spacial score (nSPS) is 11.6. The van der Waals surface area contributed by atoms with Crippen LogP contribution in [-0.2, 0) is 22.6 Å². The van der Waals surface area contributed by atoms with E-state index >= 15 is 0 Å². The van der Waals surface area contributed by atoms with E-state index in [0.717, 1.165) is 22.4 Å². The number of carbonyl (C=O) groups is 2. The minimum atomic E-state index is -0.647. The molecule has 0 saturated carbocycles. The van der Waals surface area contributed by atoms with Gasteiger partial charge in [0.15, 0.2) is 0 Å². The van der Waals surface area contributed by atoms with Gasteiger partial charge in [0.05, 0.1) is 5.75 Å². The lowest BCUT2D eigenvalue weighted by atomic mass is 10.0. The summed E-state index contributed by atoms with van der Waals surface area (Å²) < 4.78 is 0. The third-order valence-electron chi connectivity index (χ3n) is 5.24. The molecule has 7 heteroatoms. The van der Waals surface area contributed by atoms with Crippen molar-refractivity contribution in [2.45, 2.75) is 37.2 Å². The van der Waals surface area contributed by atoms with Crippen LogP contribution >= 0.6 is 35.0 Å². The van der Waals surface area contributed by atoms with Crippen molar-refractivity contribution in [1.29, 1.82) is 0 Å². The highest BCUT2D eigenvalue weighted by atomic mass is 35.5. The summed E-state index contributed by atoms with van der Waals surface area (Å²) in [6, 6.07) is 23.9. The van der Waals surface area contributed by atoms with Crippen molar-refractivity contribution >= 4 is 46.8 Å². The number of halogens is 2. The van der Waals surface area contributed by atoms with Gasteiger partial charge in [-0.25, -0.2) is 0 Å². The van der Waals surface area contributed by atoms with Gasteiger partial charge < -0.3 is 10.2 Å². The molecule has 0 aliphatic carbocycles. The zero-order valence-corrected chi connectivity index (χ0v) is 21.4. The lowest BCUT2D eigenvalue weighted by Crippen LogP contribution is -2.51. The number of carbonyl (C=O) groups excluding carboxylic acids is 2. The average molecular weight is 516 g/mol. The molecule has 2 amide bonds. The summed E-state index contributed by atoms with van der Waals surface area (Å²) in [4.78, 5) is 29.4. The largest absolute Gasteiger partial charge is 0.354 e. The summed E-state index contributed by atoms with van der Waals surface area (Å²) >= 11 is 13.6. The third-order valence-corrected chi connectivity index (χ3v) is 6.72.